The Morgan fingerprint density at radius 2 is 1.97 bits per heavy atom. The number of fused-ring (bicyclic) bond motifs is 1. The van der Waals surface area contributed by atoms with Gasteiger partial charge in [0, 0.05) is 34.4 Å². The Hall–Kier alpha value is -1.86. The van der Waals surface area contributed by atoms with E-state index >= 15 is 0 Å². The minimum atomic E-state index is -0.841. The van der Waals surface area contributed by atoms with E-state index in [2.05, 4.69) is 27.7 Å². The molecule has 0 unspecified atom stereocenters. The van der Waals surface area contributed by atoms with Crippen LogP contribution in [-0.2, 0) is 17.6 Å². The van der Waals surface area contributed by atoms with Crippen LogP contribution >= 0.6 is 23.2 Å². The maximum Gasteiger partial charge on any atom is 0.305 e. The molecule has 1 fully saturated rings. The molecule has 178 valence electrons. The van der Waals surface area contributed by atoms with E-state index in [-0.39, 0.29) is 18.5 Å². The van der Waals surface area contributed by atoms with Gasteiger partial charge in [-0.05, 0) is 93.6 Å². The second kappa shape index (κ2) is 11.5. The van der Waals surface area contributed by atoms with Gasteiger partial charge in [-0.1, -0.05) is 29.3 Å². The summed E-state index contributed by atoms with van der Waals surface area (Å²) in [4.78, 5) is 18.7. The van der Waals surface area contributed by atoms with Gasteiger partial charge in [0.15, 0.2) is 0 Å². The minimum Gasteiger partial charge on any atom is -0.481 e. The van der Waals surface area contributed by atoms with Crippen LogP contribution in [0.2, 0.25) is 10.0 Å². The molecule has 2 aromatic rings. The van der Waals surface area contributed by atoms with Crippen LogP contribution in [0.5, 0.6) is 0 Å². The number of hydrogen-bond donors (Lipinski definition) is 3. The molecule has 3 N–H and O–H groups in total. The van der Waals surface area contributed by atoms with Gasteiger partial charge in [0.25, 0.3) is 0 Å². The van der Waals surface area contributed by atoms with Gasteiger partial charge in [0.2, 0.25) is 0 Å². The molecular formula is C25H32Cl2N4O2. The summed E-state index contributed by atoms with van der Waals surface area (Å²) in [5.41, 5.74) is 3.32. The number of aliphatic carboxylic acids is 1. The fourth-order valence-electron chi connectivity index (χ4n) is 4.82. The monoisotopic (exact) mass is 490 g/mol. The van der Waals surface area contributed by atoms with Gasteiger partial charge in [-0.2, -0.15) is 0 Å². The van der Waals surface area contributed by atoms with Crippen molar-refractivity contribution in [1.82, 2.24) is 15.2 Å². The third-order valence-electron chi connectivity index (χ3n) is 6.55. The van der Waals surface area contributed by atoms with Crippen LogP contribution < -0.4 is 10.6 Å². The number of aryl methyl sites for hydroxylation is 2. The van der Waals surface area contributed by atoms with E-state index in [1.807, 2.05) is 0 Å². The van der Waals surface area contributed by atoms with Crippen LogP contribution in [0, 0.1) is 0 Å². The number of carboxylic acids is 1. The van der Waals surface area contributed by atoms with Crippen molar-refractivity contribution in [2.75, 3.05) is 31.5 Å². The van der Waals surface area contributed by atoms with Crippen molar-refractivity contribution in [3.8, 4) is 0 Å². The number of anilines is 1. The first-order valence-corrected chi connectivity index (χ1v) is 12.6. The number of halogens is 2. The number of carbonyl (C=O) groups is 1. The molecule has 0 radical (unpaired) electrons. The molecule has 1 aromatic heterocycles. The molecule has 3 heterocycles. The maximum atomic E-state index is 11.4. The highest BCUT2D eigenvalue weighted by Gasteiger charge is 2.24. The first-order chi connectivity index (χ1) is 16.0. The van der Waals surface area contributed by atoms with Gasteiger partial charge in [0.05, 0.1) is 6.42 Å². The number of nitrogens with one attached hydrogen (secondary N) is 2. The molecule has 0 aliphatic carbocycles. The summed E-state index contributed by atoms with van der Waals surface area (Å²) in [6.07, 6.45) is 6.37. The largest absolute Gasteiger partial charge is 0.481 e. The van der Waals surface area contributed by atoms with E-state index in [0.717, 1.165) is 75.4 Å². The number of likely N-dealkylation sites (tertiary alicyclic amines) is 1. The van der Waals surface area contributed by atoms with E-state index in [4.69, 9.17) is 28.2 Å². The van der Waals surface area contributed by atoms with Gasteiger partial charge in [-0.15, -0.1) is 0 Å². The molecule has 8 heteroatoms. The molecule has 33 heavy (non-hydrogen) atoms. The summed E-state index contributed by atoms with van der Waals surface area (Å²) in [5, 5.41) is 17.4. The summed E-state index contributed by atoms with van der Waals surface area (Å²) in [5.74, 6) is 0.231. The average molecular weight is 491 g/mol. The van der Waals surface area contributed by atoms with Crippen molar-refractivity contribution in [1.29, 1.82) is 0 Å². The smallest absolute Gasteiger partial charge is 0.305 e. The normalized spacial score (nSPS) is 17.9. The van der Waals surface area contributed by atoms with Gasteiger partial charge in [0.1, 0.15) is 5.82 Å². The molecule has 0 saturated carbocycles. The molecule has 0 spiro atoms. The zero-order valence-corrected chi connectivity index (χ0v) is 20.3. The number of carboxylic acid groups (broad SMARTS) is 1. The van der Waals surface area contributed by atoms with Gasteiger partial charge in [-0.3, -0.25) is 4.79 Å². The quantitative estimate of drug-likeness (QED) is 0.461. The van der Waals surface area contributed by atoms with E-state index < -0.39 is 5.97 Å². The van der Waals surface area contributed by atoms with Crippen LogP contribution in [-0.4, -0.2) is 53.2 Å². The summed E-state index contributed by atoms with van der Waals surface area (Å²) >= 11 is 12.3. The van der Waals surface area contributed by atoms with Crippen molar-refractivity contribution in [2.45, 2.75) is 57.0 Å². The second-order valence-electron chi connectivity index (χ2n) is 9.08. The third kappa shape index (κ3) is 7.06. The minimum absolute atomic E-state index is 0.000476. The molecule has 1 atom stereocenters. The van der Waals surface area contributed by atoms with E-state index in [1.165, 1.54) is 12.0 Å². The summed E-state index contributed by atoms with van der Waals surface area (Å²) in [7, 11) is 0. The molecular weight excluding hydrogens is 459 g/mol. The fraction of sp³-hybridized carbons (Fsp3) is 0.520. The summed E-state index contributed by atoms with van der Waals surface area (Å²) in [6.45, 7) is 4.09. The van der Waals surface area contributed by atoms with E-state index in [1.54, 1.807) is 18.2 Å². The molecule has 2 aliphatic heterocycles. The van der Waals surface area contributed by atoms with Gasteiger partial charge in [-0.25, -0.2) is 4.98 Å². The van der Waals surface area contributed by atoms with E-state index in [0.29, 0.717) is 10.0 Å². The Bertz CT molecular complexity index is 943. The first kappa shape index (κ1) is 24.3. The predicted octanol–water partition coefficient (Wildman–Crippen LogP) is 4.95. The number of benzene rings is 1. The molecule has 6 nitrogen and oxygen atoms in total. The summed E-state index contributed by atoms with van der Waals surface area (Å²) in [6, 6.07) is 9.63. The number of rotatable bonds is 9. The number of hydrogen-bond acceptors (Lipinski definition) is 5. The molecule has 0 bridgehead atoms. The lowest BCUT2D eigenvalue weighted by molar-refractivity contribution is -0.137. The Morgan fingerprint density at radius 3 is 2.70 bits per heavy atom. The van der Waals surface area contributed by atoms with Crippen LogP contribution in [0.15, 0.2) is 30.3 Å². The highest BCUT2D eigenvalue weighted by atomic mass is 35.5. The standard InChI is InChI=1S/C25H32Cl2N4O2/c26-19-13-18(14-20(27)15-19)23(16-24(32)33)29-22-7-11-31(12-8-22)10-2-4-21-6-5-17-3-1-9-28-25(17)30-21/h5-6,13-15,22-23,29H,1-4,7-12,16H2,(H,28,30)(H,32,33)/t23-/m0/s1. The first-order valence-electron chi connectivity index (χ1n) is 11.8. The molecule has 2 aliphatic rings. The van der Waals surface area contributed by atoms with Crippen LogP contribution in [0.3, 0.4) is 0 Å². The van der Waals surface area contributed by atoms with Crippen molar-refractivity contribution in [2.24, 2.45) is 0 Å². The molecule has 1 saturated heterocycles. The second-order valence-corrected chi connectivity index (χ2v) is 9.95. The number of piperidine rings is 1. The third-order valence-corrected chi connectivity index (χ3v) is 6.99. The Morgan fingerprint density at radius 1 is 1.21 bits per heavy atom. The lowest BCUT2D eigenvalue weighted by Crippen LogP contribution is -2.44. The molecule has 4 rings (SSSR count). The highest BCUT2D eigenvalue weighted by Crippen LogP contribution is 2.27. The highest BCUT2D eigenvalue weighted by molar-refractivity contribution is 6.34. The zero-order valence-electron chi connectivity index (χ0n) is 18.8. The van der Waals surface area contributed by atoms with E-state index in [9.17, 15) is 9.90 Å². The lowest BCUT2D eigenvalue weighted by Gasteiger charge is -2.34. The lowest BCUT2D eigenvalue weighted by atomic mass is 9.98. The fourth-order valence-corrected chi connectivity index (χ4v) is 5.37. The Kier molecular flexibility index (Phi) is 8.47. The zero-order chi connectivity index (χ0) is 23.2. The molecule has 1 aromatic carbocycles. The number of nitrogens with zero attached hydrogens (tertiary/aromatic N) is 2. The number of pyridine rings is 1. The van der Waals surface area contributed by atoms with Crippen molar-refractivity contribution in [3.05, 3.63) is 57.2 Å². The molecule has 0 amide bonds. The number of aromatic nitrogens is 1. The SMILES string of the molecule is O=C(O)C[C@H](NC1CCN(CCCc2ccc3c(n2)NCCC3)CC1)c1cc(Cl)cc(Cl)c1. The maximum absolute atomic E-state index is 11.4. The van der Waals surface area contributed by atoms with Gasteiger partial charge >= 0.3 is 5.97 Å². The van der Waals surface area contributed by atoms with Crippen LogP contribution in [0.25, 0.3) is 0 Å². The Balaban J connectivity index is 1.24. The summed E-state index contributed by atoms with van der Waals surface area (Å²) < 4.78 is 0. The van der Waals surface area contributed by atoms with Crippen molar-refractivity contribution in [3.63, 3.8) is 0 Å². The van der Waals surface area contributed by atoms with Crippen LogP contribution in [0.4, 0.5) is 5.82 Å². The average Bonchev–Trinajstić information content (AvgIpc) is 2.79. The Labute approximate surface area is 205 Å². The van der Waals surface area contributed by atoms with Crippen LogP contribution in [0.1, 0.15) is 55.0 Å². The van der Waals surface area contributed by atoms with Crippen molar-refractivity contribution < 1.29 is 9.90 Å². The van der Waals surface area contributed by atoms with Crippen molar-refractivity contribution >= 4 is 35.0 Å². The predicted molar refractivity (Wildman–Crippen MR) is 133 cm³/mol. The van der Waals surface area contributed by atoms with Gasteiger partial charge < -0.3 is 20.6 Å². The topological polar surface area (TPSA) is 77.5 Å².